The molecule has 0 saturated carbocycles. The average Bonchev–Trinajstić information content (AvgIpc) is 3.39. The number of furan rings is 1. The third kappa shape index (κ3) is 4.33. The van der Waals surface area contributed by atoms with Crippen molar-refractivity contribution in [3.8, 4) is 5.75 Å². The molecule has 2 unspecified atom stereocenters. The van der Waals surface area contributed by atoms with E-state index in [1.54, 1.807) is 0 Å². The number of carbonyl (C=O) groups excluding carboxylic acids is 1. The summed E-state index contributed by atoms with van der Waals surface area (Å²) < 4.78 is 13.5. The van der Waals surface area contributed by atoms with Crippen molar-refractivity contribution in [2.24, 2.45) is 0 Å². The van der Waals surface area contributed by atoms with E-state index in [1.807, 2.05) is 66.9 Å². The zero-order chi connectivity index (χ0) is 21.8. The Morgan fingerprint density at radius 3 is 2.84 bits per heavy atom. The topological polar surface area (TPSA) is 93.7 Å². The van der Waals surface area contributed by atoms with Gasteiger partial charge in [-0.2, -0.15) is 0 Å². The van der Waals surface area contributed by atoms with Crippen LogP contribution in [0.4, 0.5) is 4.79 Å². The second-order valence-electron chi connectivity index (χ2n) is 7.42. The Labute approximate surface area is 180 Å². The predicted octanol–water partition coefficient (Wildman–Crippen LogP) is 4.78. The highest BCUT2D eigenvalue weighted by atomic mass is 16.5. The summed E-state index contributed by atoms with van der Waals surface area (Å²) in [6.45, 7) is 6.45. The van der Waals surface area contributed by atoms with E-state index in [1.165, 1.54) is 0 Å². The molecule has 4 aromatic rings. The summed E-state index contributed by atoms with van der Waals surface area (Å²) in [5.74, 6) is 2.08. The van der Waals surface area contributed by atoms with Crippen LogP contribution in [-0.4, -0.2) is 27.2 Å². The summed E-state index contributed by atoms with van der Waals surface area (Å²) in [4.78, 5) is 12.8. The van der Waals surface area contributed by atoms with Gasteiger partial charge in [0.2, 0.25) is 0 Å². The SMILES string of the molecule is CCCC(NC(=O)NC(C)c1cc2cccc(OCC)c2o1)c1nnc2ccccn12. The molecule has 8 nitrogen and oxygen atoms in total. The number of hydrogen-bond acceptors (Lipinski definition) is 5. The maximum absolute atomic E-state index is 12.8. The number of pyridine rings is 1. The molecule has 0 aliphatic heterocycles. The number of amides is 2. The predicted molar refractivity (Wildman–Crippen MR) is 118 cm³/mol. The highest BCUT2D eigenvalue weighted by Gasteiger charge is 2.22. The van der Waals surface area contributed by atoms with E-state index in [0.717, 1.165) is 23.9 Å². The second kappa shape index (κ2) is 9.07. The lowest BCUT2D eigenvalue weighted by atomic mass is 10.1. The van der Waals surface area contributed by atoms with Crippen molar-refractivity contribution < 1.29 is 13.9 Å². The van der Waals surface area contributed by atoms with Crippen molar-refractivity contribution in [1.82, 2.24) is 25.2 Å². The van der Waals surface area contributed by atoms with Gasteiger partial charge in [-0.25, -0.2) is 4.79 Å². The lowest BCUT2D eigenvalue weighted by Crippen LogP contribution is -2.39. The first-order valence-corrected chi connectivity index (χ1v) is 10.6. The fourth-order valence-corrected chi connectivity index (χ4v) is 3.66. The summed E-state index contributed by atoms with van der Waals surface area (Å²) in [5, 5.41) is 15.4. The molecule has 8 heteroatoms. The smallest absolute Gasteiger partial charge is 0.315 e. The number of fused-ring (bicyclic) bond motifs is 2. The van der Waals surface area contributed by atoms with Gasteiger partial charge in [0.05, 0.1) is 18.7 Å². The molecule has 4 rings (SSSR count). The molecule has 0 radical (unpaired) electrons. The van der Waals surface area contributed by atoms with Gasteiger partial charge in [0.25, 0.3) is 0 Å². The lowest BCUT2D eigenvalue weighted by molar-refractivity contribution is 0.231. The molecule has 0 aliphatic carbocycles. The Bertz CT molecular complexity index is 1180. The third-order valence-electron chi connectivity index (χ3n) is 5.14. The number of aromatic nitrogens is 3. The number of nitrogens with zero attached hydrogens (tertiary/aromatic N) is 3. The van der Waals surface area contributed by atoms with E-state index in [4.69, 9.17) is 9.15 Å². The van der Waals surface area contributed by atoms with Crippen LogP contribution in [0.5, 0.6) is 5.75 Å². The number of nitrogens with one attached hydrogen (secondary N) is 2. The van der Waals surface area contributed by atoms with Crippen LogP contribution in [0.15, 0.2) is 53.1 Å². The van der Waals surface area contributed by atoms with E-state index < -0.39 is 0 Å². The van der Waals surface area contributed by atoms with Crippen molar-refractivity contribution in [2.45, 2.75) is 45.7 Å². The number of ether oxygens (including phenoxy) is 1. The Balaban J connectivity index is 1.49. The number of urea groups is 1. The molecular formula is C23H27N5O3. The van der Waals surface area contributed by atoms with Crippen LogP contribution in [0.1, 0.15) is 57.3 Å². The molecule has 2 amide bonds. The van der Waals surface area contributed by atoms with E-state index in [2.05, 4.69) is 27.8 Å². The maximum Gasteiger partial charge on any atom is 0.315 e. The van der Waals surface area contributed by atoms with E-state index in [-0.39, 0.29) is 18.1 Å². The first-order chi connectivity index (χ1) is 15.1. The van der Waals surface area contributed by atoms with E-state index >= 15 is 0 Å². The van der Waals surface area contributed by atoms with Gasteiger partial charge in [-0.05, 0) is 44.5 Å². The van der Waals surface area contributed by atoms with Crippen LogP contribution in [-0.2, 0) is 0 Å². The van der Waals surface area contributed by atoms with Gasteiger partial charge in [-0.1, -0.05) is 31.5 Å². The third-order valence-corrected chi connectivity index (χ3v) is 5.14. The molecule has 1 aromatic carbocycles. The molecule has 3 aromatic heterocycles. The summed E-state index contributed by atoms with van der Waals surface area (Å²) in [5.41, 5.74) is 1.44. The maximum atomic E-state index is 12.8. The molecule has 0 fully saturated rings. The quantitative estimate of drug-likeness (QED) is 0.427. The fraction of sp³-hybridized carbons (Fsp3) is 0.348. The Kier molecular flexibility index (Phi) is 6.06. The number of benzene rings is 1. The summed E-state index contributed by atoms with van der Waals surface area (Å²) in [6, 6.07) is 12.6. The molecule has 3 heterocycles. The van der Waals surface area contributed by atoms with Crippen molar-refractivity contribution in [2.75, 3.05) is 6.61 Å². The van der Waals surface area contributed by atoms with Crippen LogP contribution in [0.25, 0.3) is 16.6 Å². The summed E-state index contributed by atoms with van der Waals surface area (Å²) >= 11 is 0. The number of carbonyl (C=O) groups is 1. The van der Waals surface area contributed by atoms with Gasteiger partial charge in [-0.3, -0.25) is 4.40 Å². The molecule has 2 N–H and O–H groups in total. The molecule has 0 bridgehead atoms. The number of hydrogen-bond donors (Lipinski definition) is 2. The first-order valence-electron chi connectivity index (χ1n) is 10.6. The van der Waals surface area contributed by atoms with Gasteiger partial charge in [0.1, 0.15) is 5.76 Å². The monoisotopic (exact) mass is 421 g/mol. The highest BCUT2D eigenvalue weighted by molar-refractivity contribution is 5.84. The van der Waals surface area contributed by atoms with Crippen LogP contribution in [0.2, 0.25) is 0 Å². The van der Waals surface area contributed by atoms with Gasteiger partial charge in [0, 0.05) is 11.6 Å². The molecule has 0 spiro atoms. The van der Waals surface area contributed by atoms with Crippen LogP contribution in [0.3, 0.4) is 0 Å². The van der Waals surface area contributed by atoms with Gasteiger partial charge in [0.15, 0.2) is 22.8 Å². The average molecular weight is 422 g/mol. The zero-order valence-electron chi connectivity index (χ0n) is 18.0. The molecule has 162 valence electrons. The summed E-state index contributed by atoms with van der Waals surface area (Å²) in [6.07, 6.45) is 3.55. The number of rotatable bonds is 8. The minimum Gasteiger partial charge on any atom is -0.490 e. The molecule has 0 saturated heterocycles. The van der Waals surface area contributed by atoms with Crippen molar-refractivity contribution in [3.63, 3.8) is 0 Å². The van der Waals surface area contributed by atoms with Crippen molar-refractivity contribution >= 4 is 22.6 Å². The molecule has 2 atom stereocenters. The van der Waals surface area contributed by atoms with Crippen LogP contribution < -0.4 is 15.4 Å². The minimum absolute atomic E-state index is 0.255. The van der Waals surface area contributed by atoms with Gasteiger partial charge < -0.3 is 19.8 Å². The lowest BCUT2D eigenvalue weighted by Gasteiger charge is -2.19. The van der Waals surface area contributed by atoms with E-state index in [9.17, 15) is 4.79 Å². The number of para-hydroxylation sites is 1. The van der Waals surface area contributed by atoms with Gasteiger partial charge in [-0.15, -0.1) is 10.2 Å². The molecular weight excluding hydrogens is 394 g/mol. The van der Waals surface area contributed by atoms with Crippen LogP contribution >= 0.6 is 0 Å². The second-order valence-corrected chi connectivity index (χ2v) is 7.42. The Morgan fingerprint density at radius 2 is 2.03 bits per heavy atom. The minimum atomic E-state index is -0.320. The van der Waals surface area contributed by atoms with Crippen molar-refractivity contribution in [1.29, 1.82) is 0 Å². The summed E-state index contributed by atoms with van der Waals surface area (Å²) in [7, 11) is 0. The normalized spacial score (nSPS) is 13.3. The van der Waals surface area contributed by atoms with Gasteiger partial charge >= 0.3 is 6.03 Å². The first kappa shape index (κ1) is 20.7. The van der Waals surface area contributed by atoms with E-state index in [0.29, 0.717) is 29.5 Å². The largest absolute Gasteiger partial charge is 0.490 e. The highest BCUT2D eigenvalue weighted by Crippen LogP contribution is 2.31. The Morgan fingerprint density at radius 1 is 1.16 bits per heavy atom. The molecule has 0 aliphatic rings. The van der Waals surface area contributed by atoms with Crippen LogP contribution in [0, 0.1) is 0 Å². The molecule has 31 heavy (non-hydrogen) atoms. The zero-order valence-corrected chi connectivity index (χ0v) is 18.0. The fourth-order valence-electron chi connectivity index (χ4n) is 3.66. The standard InChI is InChI=1S/C23H27N5O3/c1-4-9-17(22-27-26-20-12-6-7-13-28(20)22)25-23(29)24-15(3)19-14-16-10-8-11-18(30-5-2)21(16)31-19/h6-8,10-15,17H,4-5,9H2,1-3H3,(H2,24,25,29). The van der Waals surface area contributed by atoms with Crippen molar-refractivity contribution in [3.05, 3.63) is 60.2 Å². The Hall–Kier alpha value is -3.55.